The van der Waals surface area contributed by atoms with Gasteiger partial charge in [-0.2, -0.15) is 0 Å². The number of ether oxygens (including phenoxy) is 3. The van der Waals surface area contributed by atoms with E-state index in [1.54, 1.807) is 6.92 Å². The third kappa shape index (κ3) is 2.22. The standard InChI is InChI=1S/C11H14O4/c1-11(12,13-2)6-8-3-4-9-10(5-8)15-7-14-9/h3-5,12H,6-7H2,1-2H3. The minimum absolute atomic E-state index is 0.263. The van der Waals surface area contributed by atoms with E-state index in [-0.39, 0.29) is 6.79 Å². The van der Waals surface area contributed by atoms with Crippen molar-refractivity contribution in [2.75, 3.05) is 13.9 Å². The van der Waals surface area contributed by atoms with Crippen LogP contribution in [0.2, 0.25) is 0 Å². The lowest BCUT2D eigenvalue weighted by Gasteiger charge is -2.21. The summed E-state index contributed by atoms with van der Waals surface area (Å²) in [6.45, 7) is 1.89. The summed E-state index contributed by atoms with van der Waals surface area (Å²) in [4.78, 5) is 0. The van der Waals surface area contributed by atoms with Crippen molar-refractivity contribution in [1.82, 2.24) is 0 Å². The molecule has 0 radical (unpaired) electrons. The van der Waals surface area contributed by atoms with Gasteiger partial charge in [0.05, 0.1) is 0 Å². The van der Waals surface area contributed by atoms with Gasteiger partial charge in [0, 0.05) is 13.5 Å². The number of rotatable bonds is 3. The monoisotopic (exact) mass is 210 g/mol. The smallest absolute Gasteiger partial charge is 0.231 e. The molecule has 82 valence electrons. The largest absolute Gasteiger partial charge is 0.454 e. The second kappa shape index (κ2) is 3.72. The highest BCUT2D eigenvalue weighted by Crippen LogP contribution is 2.33. The van der Waals surface area contributed by atoms with Crippen LogP contribution in [0.3, 0.4) is 0 Å². The SMILES string of the molecule is COC(C)(O)Cc1ccc2c(c1)OCO2. The maximum absolute atomic E-state index is 9.73. The molecule has 0 saturated heterocycles. The van der Waals surface area contributed by atoms with Crippen LogP contribution in [0.5, 0.6) is 11.5 Å². The maximum Gasteiger partial charge on any atom is 0.231 e. The lowest BCUT2D eigenvalue weighted by Crippen LogP contribution is -2.29. The van der Waals surface area contributed by atoms with Crippen LogP contribution in [0.15, 0.2) is 18.2 Å². The Balaban J connectivity index is 2.17. The molecule has 0 saturated carbocycles. The summed E-state index contributed by atoms with van der Waals surface area (Å²) >= 11 is 0. The summed E-state index contributed by atoms with van der Waals surface area (Å²) in [6.07, 6.45) is 0.417. The van der Waals surface area contributed by atoms with Crippen LogP contribution >= 0.6 is 0 Å². The molecular weight excluding hydrogens is 196 g/mol. The van der Waals surface area contributed by atoms with Gasteiger partial charge in [-0.25, -0.2) is 0 Å². The number of benzene rings is 1. The molecule has 1 aromatic carbocycles. The molecular formula is C11H14O4. The molecule has 2 rings (SSSR count). The van der Waals surface area contributed by atoms with Gasteiger partial charge in [-0.15, -0.1) is 0 Å². The van der Waals surface area contributed by atoms with Gasteiger partial charge in [0.25, 0.3) is 0 Å². The zero-order valence-corrected chi connectivity index (χ0v) is 8.82. The van der Waals surface area contributed by atoms with E-state index < -0.39 is 5.79 Å². The Hall–Kier alpha value is -1.26. The Morgan fingerprint density at radius 2 is 2.13 bits per heavy atom. The van der Waals surface area contributed by atoms with E-state index in [1.165, 1.54) is 7.11 Å². The third-order valence-corrected chi connectivity index (χ3v) is 2.41. The molecule has 0 spiro atoms. The minimum atomic E-state index is -1.15. The van der Waals surface area contributed by atoms with Gasteiger partial charge >= 0.3 is 0 Å². The van der Waals surface area contributed by atoms with E-state index in [2.05, 4.69) is 0 Å². The van der Waals surface area contributed by atoms with E-state index in [4.69, 9.17) is 14.2 Å². The van der Waals surface area contributed by atoms with E-state index in [0.29, 0.717) is 6.42 Å². The molecule has 1 aromatic rings. The molecule has 4 heteroatoms. The molecule has 1 heterocycles. The summed E-state index contributed by atoms with van der Waals surface area (Å²) in [6, 6.07) is 5.58. The van der Waals surface area contributed by atoms with Crippen LogP contribution in [-0.2, 0) is 11.2 Å². The predicted molar refractivity (Wildman–Crippen MR) is 53.9 cm³/mol. The van der Waals surface area contributed by atoms with Crippen LogP contribution < -0.4 is 9.47 Å². The number of methoxy groups -OCH3 is 1. The highest BCUT2D eigenvalue weighted by atomic mass is 16.7. The van der Waals surface area contributed by atoms with Gasteiger partial charge in [0.15, 0.2) is 17.3 Å². The van der Waals surface area contributed by atoms with Crippen molar-refractivity contribution in [3.8, 4) is 11.5 Å². The second-order valence-corrected chi connectivity index (χ2v) is 3.74. The molecule has 1 aliphatic rings. The lowest BCUT2D eigenvalue weighted by atomic mass is 10.1. The normalized spacial score (nSPS) is 17.5. The van der Waals surface area contributed by atoms with Crippen molar-refractivity contribution >= 4 is 0 Å². The fourth-order valence-corrected chi connectivity index (χ4v) is 1.50. The molecule has 0 bridgehead atoms. The molecule has 0 fully saturated rings. The Morgan fingerprint density at radius 3 is 2.87 bits per heavy atom. The van der Waals surface area contributed by atoms with Crippen LogP contribution in [0.25, 0.3) is 0 Å². The average molecular weight is 210 g/mol. The molecule has 0 aliphatic carbocycles. The first-order valence-electron chi connectivity index (χ1n) is 4.77. The fourth-order valence-electron chi connectivity index (χ4n) is 1.50. The predicted octanol–water partition coefficient (Wildman–Crippen LogP) is 1.31. The molecule has 1 aliphatic heterocycles. The van der Waals surface area contributed by atoms with Gasteiger partial charge in [-0.05, 0) is 24.6 Å². The van der Waals surface area contributed by atoms with Crippen molar-refractivity contribution in [2.24, 2.45) is 0 Å². The fraction of sp³-hybridized carbons (Fsp3) is 0.455. The van der Waals surface area contributed by atoms with Crippen LogP contribution in [0.1, 0.15) is 12.5 Å². The average Bonchev–Trinajstić information content (AvgIpc) is 2.64. The Kier molecular flexibility index (Phi) is 2.54. The van der Waals surface area contributed by atoms with Gasteiger partial charge in [0.2, 0.25) is 6.79 Å². The molecule has 15 heavy (non-hydrogen) atoms. The molecule has 1 atom stereocenters. The molecule has 0 amide bonds. The summed E-state index contributed by atoms with van der Waals surface area (Å²) in [5, 5.41) is 9.73. The van der Waals surface area contributed by atoms with Crippen LogP contribution in [0, 0.1) is 0 Å². The van der Waals surface area contributed by atoms with Crippen LogP contribution in [-0.4, -0.2) is 24.8 Å². The first kappa shape index (κ1) is 10.3. The van der Waals surface area contributed by atoms with Crippen molar-refractivity contribution in [3.63, 3.8) is 0 Å². The highest BCUT2D eigenvalue weighted by Gasteiger charge is 2.21. The van der Waals surface area contributed by atoms with E-state index in [0.717, 1.165) is 17.1 Å². The summed E-state index contributed by atoms with van der Waals surface area (Å²) in [5.41, 5.74) is 0.950. The molecule has 1 N–H and O–H groups in total. The molecule has 0 aromatic heterocycles. The Labute approximate surface area is 88.4 Å². The Morgan fingerprint density at radius 1 is 1.40 bits per heavy atom. The van der Waals surface area contributed by atoms with E-state index >= 15 is 0 Å². The number of hydrogen-bond donors (Lipinski definition) is 1. The number of aliphatic hydroxyl groups is 1. The van der Waals surface area contributed by atoms with Gasteiger partial charge in [-0.1, -0.05) is 6.07 Å². The zero-order chi connectivity index (χ0) is 10.9. The third-order valence-electron chi connectivity index (χ3n) is 2.41. The van der Waals surface area contributed by atoms with Crippen molar-refractivity contribution < 1.29 is 19.3 Å². The molecule has 4 nitrogen and oxygen atoms in total. The van der Waals surface area contributed by atoms with E-state index in [9.17, 15) is 5.11 Å². The van der Waals surface area contributed by atoms with Gasteiger partial charge in [0.1, 0.15) is 0 Å². The van der Waals surface area contributed by atoms with Crippen LogP contribution in [0.4, 0.5) is 0 Å². The summed E-state index contributed by atoms with van der Waals surface area (Å²) in [7, 11) is 1.48. The number of hydrogen-bond acceptors (Lipinski definition) is 4. The quantitative estimate of drug-likeness (QED) is 0.764. The first-order valence-corrected chi connectivity index (χ1v) is 4.77. The van der Waals surface area contributed by atoms with E-state index in [1.807, 2.05) is 18.2 Å². The van der Waals surface area contributed by atoms with Gasteiger partial charge in [-0.3, -0.25) is 0 Å². The topological polar surface area (TPSA) is 47.9 Å². The lowest BCUT2D eigenvalue weighted by molar-refractivity contribution is -0.169. The minimum Gasteiger partial charge on any atom is -0.454 e. The van der Waals surface area contributed by atoms with Crippen molar-refractivity contribution in [2.45, 2.75) is 19.1 Å². The number of fused-ring (bicyclic) bond motifs is 1. The highest BCUT2D eigenvalue weighted by molar-refractivity contribution is 5.44. The maximum atomic E-state index is 9.73. The van der Waals surface area contributed by atoms with Crippen molar-refractivity contribution in [1.29, 1.82) is 0 Å². The second-order valence-electron chi connectivity index (χ2n) is 3.74. The Bertz CT molecular complexity index is 360. The molecule has 1 unspecified atom stereocenters. The summed E-state index contributed by atoms with van der Waals surface area (Å²) in [5.74, 6) is 0.323. The van der Waals surface area contributed by atoms with Gasteiger partial charge < -0.3 is 19.3 Å². The van der Waals surface area contributed by atoms with Crippen molar-refractivity contribution in [3.05, 3.63) is 23.8 Å². The first-order chi connectivity index (χ1) is 7.11. The zero-order valence-electron chi connectivity index (χ0n) is 8.82. The summed E-state index contributed by atoms with van der Waals surface area (Å²) < 4.78 is 15.4.